The Balaban J connectivity index is 2.28. The summed E-state index contributed by atoms with van der Waals surface area (Å²) in [7, 11) is 1.83. The summed E-state index contributed by atoms with van der Waals surface area (Å²) in [5.74, 6) is -0.430. The Labute approximate surface area is 117 Å². The maximum Gasteiger partial charge on any atom is 0.124 e. The molecule has 0 spiro atoms. The highest BCUT2D eigenvalue weighted by molar-refractivity contribution is 5.59. The second kappa shape index (κ2) is 5.86. The zero-order chi connectivity index (χ0) is 14.5. The second-order valence-corrected chi connectivity index (χ2v) is 4.44. The van der Waals surface area contributed by atoms with Crippen molar-refractivity contribution in [3.8, 4) is 12.1 Å². The lowest BCUT2D eigenvalue weighted by molar-refractivity contribution is 0.624. The summed E-state index contributed by atoms with van der Waals surface area (Å²) in [5.41, 5.74) is 2.32. The number of benzene rings is 2. The van der Waals surface area contributed by atoms with Crippen LogP contribution in [0.25, 0.3) is 0 Å². The first kappa shape index (κ1) is 13.6. The molecule has 0 fully saturated rings. The molecule has 3 nitrogen and oxygen atoms in total. The van der Waals surface area contributed by atoms with Gasteiger partial charge in [0.05, 0.1) is 22.9 Å². The molecule has 0 saturated carbocycles. The third-order valence-corrected chi connectivity index (χ3v) is 2.94. The van der Waals surface area contributed by atoms with Crippen LogP contribution in [0.2, 0.25) is 0 Å². The monoisotopic (exact) mass is 265 g/mol. The number of para-hydroxylation sites is 1. The van der Waals surface area contributed by atoms with E-state index in [4.69, 9.17) is 10.5 Å². The van der Waals surface area contributed by atoms with Crippen molar-refractivity contribution in [1.82, 2.24) is 0 Å². The molecule has 4 heteroatoms. The summed E-state index contributed by atoms with van der Waals surface area (Å²) in [6, 6.07) is 15.5. The summed E-state index contributed by atoms with van der Waals surface area (Å²) in [5, 5.41) is 17.9. The average Bonchev–Trinajstić information content (AvgIpc) is 2.46. The molecule has 0 aromatic heterocycles. The Morgan fingerprint density at radius 3 is 2.55 bits per heavy atom. The number of hydrogen-bond acceptors (Lipinski definition) is 3. The van der Waals surface area contributed by atoms with Crippen molar-refractivity contribution in [3.05, 3.63) is 65.0 Å². The van der Waals surface area contributed by atoms with Gasteiger partial charge in [0.1, 0.15) is 11.9 Å². The molecule has 0 atom stereocenters. The van der Waals surface area contributed by atoms with E-state index in [1.54, 1.807) is 18.2 Å². The Kier molecular flexibility index (Phi) is 3.98. The van der Waals surface area contributed by atoms with Gasteiger partial charge < -0.3 is 4.90 Å². The molecule has 0 N–H and O–H groups in total. The summed E-state index contributed by atoms with van der Waals surface area (Å²) in [6.45, 7) is 0.422. The van der Waals surface area contributed by atoms with Crippen LogP contribution in [-0.2, 0) is 6.54 Å². The first-order chi connectivity index (χ1) is 9.63. The lowest BCUT2D eigenvalue weighted by Crippen LogP contribution is -2.17. The standard InChI is InChI=1S/C16H12FN3/c1-20(16-5-3-2-4-14(16)10-19)11-13-6-12(9-18)7-15(17)8-13/h2-8H,11H2,1H3. The molecule has 2 rings (SSSR count). The normalized spacial score (nSPS) is 9.60. The van der Waals surface area contributed by atoms with E-state index >= 15 is 0 Å². The zero-order valence-corrected chi connectivity index (χ0v) is 11.0. The van der Waals surface area contributed by atoms with Crippen LogP contribution in [0.4, 0.5) is 10.1 Å². The molecule has 0 aliphatic rings. The molecule has 0 saturated heterocycles. The molecule has 20 heavy (non-hydrogen) atoms. The first-order valence-electron chi connectivity index (χ1n) is 6.04. The number of halogens is 1. The molecule has 0 aliphatic heterocycles. The largest absolute Gasteiger partial charge is 0.369 e. The van der Waals surface area contributed by atoms with Gasteiger partial charge in [-0.05, 0) is 35.9 Å². The van der Waals surface area contributed by atoms with Crippen molar-refractivity contribution in [2.24, 2.45) is 0 Å². The Morgan fingerprint density at radius 1 is 1.10 bits per heavy atom. The average molecular weight is 265 g/mol. The van der Waals surface area contributed by atoms with Crippen molar-refractivity contribution in [2.45, 2.75) is 6.54 Å². The van der Waals surface area contributed by atoms with Gasteiger partial charge in [0.2, 0.25) is 0 Å². The van der Waals surface area contributed by atoms with Gasteiger partial charge in [-0.3, -0.25) is 0 Å². The van der Waals surface area contributed by atoms with Gasteiger partial charge in [0, 0.05) is 13.6 Å². The fraction of sp³-hybridized carbons (Fsp3) is 0.125. The molecule has 0 unspecified atom stereocenters. The molecule has 0 bridgehead atoms. The maximum absolute atomic E-state index is 13.4. The Bertz CT molecular complexity index is 710. The predicted octanol–water partition coefficient (Wildman–Crippen LogP) is 3.21. The van der Waals surface area contributed by atoms with E-state index in [1.165, 1.54) is 12.1 Å². The molecule has 2 aromatic rings. The fourth-order valence-corrected chi connectivity index (χ4v) is 2.07. The molecular weight excluding hydrogens is 253 g/mol. The van der Waals surface area contributed by atoms with Crippen LogP contribution in [0.3, 0.4) is 0 Å². The summed E-state index contributed by atoms with van der Waals surface area (Å²) in [4.78, 5) is 1.86. The molecule has 98 valence electrons. The molecule has 0 aliphatic carbocycles. The Hall–Kier alpha value is -2.85. The first-order valence-corrected chi connectivity index (χ1v) is 6.04. The van der Waals surface area contributed by atoms with Gasteiger partial charge in [0.25, 0.3) is 0 Å². The minimum atomic E-state index is -0.430. The van der Waals surface area contributed by atoms with Gasteiger partial charge in [0.15, 0.2) is 0 Å². The van der Waals surface area contributed by atoms with E-state index in [9.17, 15) is 4.39 Å². The van der Waals surface area contributed by atoms with Gasteiger partial charge in [-0.15, -0.1) is 0 Å². The van der Waals surface area contributed by atoms with Gasteiger partial charge in [-0.2, -0.15) is 10.5 Å². The number of hydrogen-bond donors (Lipinski definition) is 0. The molecule has 0 radical (unpaired) electrons. The molecule has 0 heterocycles. The number of nitrogens with zero attached hydrogens (tertiary/aromatic N) is 3. The van der Waals surface area contributed by atoms with Gasteiger partial charge in [-0.25, -0.2) is 4.39 Å². The van der Waals surface area contributed by atoms with Crippen molar-refractivity contribution in [1.29, 1.82) is 10.5 Å². The van der Waals surface area contributed by atoms with E-state index < -0.39 is 5.82 Å². The quantitative estimate of drug-likeness (QED) is 0.856. The topological polar surface area (TPSA) is 50.8 Å². The highest BCUT2D eigenvalue weighted by atomic mass is 19.1. The van der Waals surface area contributed by atoms with Crippen LogP contribution < -0.4 is 4.90 Å². The molecule has 2 aromatic carbocycles. The van der Waals surface area contributed by atoms with E-state index in [2.05, 4.69) is 6.07 Å². The lowest BCUT2D eigenvalue weighted by atomic mass is 10.1. The predicted molar refractivity (Wildman–Crippen MR) is 74.4 cm³/mol. The summed E-state index contributed by atoms with van der Waals surface area (Å²) < 4.78 is 13.4. The van der Waals surface area contributed by atoms with E-state index in [-0.39, 0.29) is 0 Å². The zero-order valence-electron chi connectivity index (χ0n) is 11.0. The van der Waals surface area contributed by atoms with Crippen LogP contribution in [-0.4, -0.2) is 7.05 Å². The van der Waals surface area contributed by atoms with E-state index in [0.717, 1.165) is 5.69 Å². The maximum atomic E-state index is 13.4. The highest BCUT2D eigenvalue weighted by Crippen LogP contribution is 2.20. The molecular formula is C16H12FN3. The SMILES string of the molecule is CN(Cc1cc(F)cc(C#N)c1)c1ccccc1C#N. The minimum Gasteiger partial charge on any atom is -0.369 e. The highest BCUT2D eigenvalue weighted by Gasteiger charge is 2.08. The smallest absolute Gasteiger partial charge is 0.124 e. The minimum absolute atomic E-state index is 0.293. The van der Waals surface area contributed by atoms with Crippen LogP contribution in [0.15, 0.2) is 42.5 Å². The van der Waals surface area contributed by atoms with Crippen molar-refractivity contribution < 1.29 is 4.39 Å². The van der Waals surface area contributed by atoms with Crippen LogP contribution in [0.1, 0.15) is 16.7 Å². The third-order valence-electron chi connectivity index (χ3n) is 2.94. The van der Waals surface area contributed by atoms with Gasteiger partial charge in [-0.1, -0.05) is 12.1 Å². The Morgan fingerprint density at radius 2 is 1.85 bits per heavy atom. The fourth-order valence-electron chi connectivity index (χ4n) is 2.07. The van der Waals surface area contributed by atoms with Crippen molar-refractivity contribution in [3.63, 3.8) is 0 Å². The second-order valence-electron chi connectivity index (χ2n) is 4.44. The number of rotatable bonds is 3. The summed E-state index contributed by atoms with van der Waals surface area (Å²) in [6.07, 6.45) is 0. The van der Waals surface area contributed by atoms with Crippen molar-refractivity contribution >= 4 is 5.69 Å². The number of anilines is 1. The van der Waals surface area contributed by atoms with Crippen LogP contribution >= 0.6 is 0 Å². The summed E-state index contributed by atoms with van der Waals surface area (Å²) >= 11 is 0. The van der Waals surface area contributed by atoms with Crippen LogP contribution in [0.5, 0.6) is 0 Å². The van der Waals surface area contributed by atoms with Gasteiger partial charge >= 0.3 is 0 Å². The van der Waals surface area contributed by atoms with Crippen molar-refractivity contribution in [2.75, 3.05) is 11.9 Å². The lowest BCUT2D eigenvalue weighted by Gasteiger charge is -2.20. The number of nitriles is 2. The van der Waals surface area contributed by atoms with E-state index in [1.807, 2.05) is 30.1 Å². The van der Waals surface area contributed by atoms with E-state index in [0.29, 0.717) is 23.2 Å². The molecule has 0 amide bonds. The third kappa shape index (κ3) is 2.93. The van der Waals surface area contributed by atoms with Crippen LogP contribution in [0, 0.1) is 28.5 Å².